The van der Waals surface area contributed by atoms with Crippen LogP contribution in [0.1, 0.15) is 28.0 Å². The number of aromatic nitrogens is 4. The van der Waals surface area contributed by atoms with E-state index in [9.17, 15) is 4.79 Å². The van der Waals surface area contributed by atoms with Crippen LogP contribution in [-0.2, 0) is 11.8 Å². The Kier molecular flexibility index (Phi) is 4.86. The van der Waals surface area contributed by atoms with Gasteiger partial charge in [-0.1, -0.05) is 0 Å². The SMILES string of the molecule is Cc1ccnc(C(=O)NC[C@@H]2OCCN(C)[C@H]2c2cncn2C)n1. The van der Waals surface area contributed by atoms with E-state index in [2.05, 4.69) is 32.2 Å². The van der Waals surface area contributed by atoms with Gasteiger partial charge in [0.2, 0.25) is 5.82 Å². The molecule has 3 rings (SSSR count). The Morgan fingerprint density at radius 3 is 3.00 bits per heavy atom. The van der Waals surface area contributed by atoms with Gasteiger partial charge in [0.15, 0.2) is 0 Å². The average Bonchev–Trinajstić information content (AvgIpc) is 2.98. The first kappa shape index (κ1) is 16.5. The number of aryl methyl sites for hydroxylation is 2. The van der Waals surface area contributed by atoms with Gasteiger partial charge in [-0.15, -0.1) is 0 Å². The van der Waals surface area contributed by atoms with Crippen molar-refractivity contribution in [2.24, 2.45) is 7.05 Å². The highest BCUT2D eigenvalue weighted by atomic mass is 16.5. The van der Waals surface area contributed by atoms with Crippen molar-refractivity contribution in [3.63, 3.8) is 0 Å². The van der Waals surface area contributed by atoms with E-state index in [-0.39, 0.29) is 23.9 Å². The van der Waals surface area contributed by atoms with Crippen LogP contribution in [0.15, 0.2) is 24.8 Å². The van der Waals surface area contributed by atoms with E-state index < -0.39 is 0 Å². The molecule has 8 heteroatoms. The van der Waals surface area contributed by atoms with E-state index >= 15 is 0 Å². The molecule has 2 aromatic rings. The first-order valence-corrected chi connectivity index (χ1v) is 7.92. The quantitative estimate of drug-likeness (QED) is 0.869. The molecule has 0 spiro atoms. The zero-order valence-electron chi connectivity index (χ0n) is 14.1. The molecule has 2 atom stereocenters. The Labute approximate surface area is 140 Å². The number of carbonyl (C=O) groups is 1. The third-order valence-corrected chi connectivity index (χ3v) is 4.22. The van der Waals surface area contributed by atoms with E-state index in [4.69, 9.17) is 4.74 Å². The molecule has 0 bridgehead atoms. The van der Waals surface area contributed by atoms with Gasteiger partial charge in [0.05, 0.1) is 30.8 Å². The maximum absolute atomic E-state index is 12.3. The number of likely N-dealkylation sites (N-methyl/N-ethyl adjacent to an activating group) is 1. The molecular formula is C16H22N6O2. The minimum Gasteiger partial charge on any atom is -0.373 e. The summed E-state index contributed by atoms with van der Waals surface area (Å²) >= 11 is 0. The molecule has 0 aromatic carbocycles. The largest absolute Gasteiger partial charge is 0.373 e. The predicted molar refractivity (Wildman–Crippen MR) is 87.4 cm³/mol. The van der Waals surface area contributed by atoms with Gasteiger partial charge in [-0.25, -0.2) is 15.0 Å². The van der Waals surface area contributed by atoms with Crippen molar-refractivity contribution in [2.45, 2.75) is 19.1 Å². The summed E-state index contributed by atoms with van der Waals surface area (Å²) in [5, 5.41) is 2.88. The Morgan fingerprint density at radius 2 is 2.29 bits per heavy atom. The van der Waals surface area contributed by atoms with Crippen LogP contribution < -0.4 is 5.32 Å². The van der Waals surface area contributed by atoms with Crippen LogP contribution in [0.5, 0.6) is 0 Å². The van der Waals surface area contributed by atoms with Gasteiger partial charge in [-0.05, 0) is 20.0 Å². The van der Waals surface area contributed by atoms with Crippen LogP contribution in [0.2, 0.25) is 0 Å². The summed E-state index contributed by atoms with van der Waals surface area (Å²) in [5.74, 6) is -0.115. The van der Waals surface area contributed by atoms with E-state index in [1.807, 2.05) is 24.7 Å². The molecule has 0 radical (unpaired) electrons. The summed E-state index contributed by atoms with van der Waals surface area (Å²) < 4.78 is 7.89. The second kappa shape index (κ2) is 7.06. The van der Waals surface area contributed by atoms with Crippen LogP contribution in [0, 0.1) is 6.92 Å². The number of imidazole rings is 1. The minimum absolute atomic E-state index is 0.0324. The van der Waals surface area contributed by atoms with Gasteiger partial charge in [0, 0.05) is 38.2 Å². The molecule has 2 aromatic heterocycles. The number of hydrogen-bond acceptors (Lipinski definition) is 6. The first-order valence-electron chi connectivity index (χ1n) is 7.92. The fraction of sp³-hybridized carbons (Fsp3) is 0.500. The molecule has 8 nitrogen and oxygen atoms in total. The van der Waals surface area contributed by atoms with Gasteiger partial charge >= 0.3 is 0 Å². The number of carbonyl (C=O) groups excluding carboxylic acids is 1. The normalized spacial score (nSPS) is 21.6. The fourth-order valence-corrected chi connectivity index (χ4v) is 2.93. The zero-order chi connectivity index (χ0) is 17.1. The average molecular weight is 330 g/mol. The van der Waals surface area contributed by atoms with Crippen LogP contribution in [0.3, 0.4) is 0 Å². The molecule has 1 saturated heterocycles. The maximum atomic E-state index is 12.3. The van der Waals surface area contributed by atoms with Crippen molar-refractivity contribution in [1.29, 1.82) is 0 Å². The number of ether oxygens (including phenoxy) is 1. The standard InChI is InChI=1S/C16H22N6O2/c1-11-4-5-18-15(20-11)16(23)19-9-13-14(21(2)6-7-24-13)12-8-17-10-22(12)3/h4-5,8,10,13-14H,6-7,9H2,1-3H3,(H,19,23)/t13-,14-/m0/s1. The lowest BCUT2D eigenvalue weighted by atomic mass is 10.0. The Hall–Kier alpha value is -2.32. The van der Waals surface area contributed by atoms with Crippen molar-refractivity contribution in [3.05, 3.63) is 42.0 Å². The van der Waals surface area contributed by atoms with Crippen molar-refractivity contribution < 1.29 is 9.53 Å². The van der Waals surface area contributed by atoms with E-state index in [0.717, 1.165) is 17.9 Å². The molecule has 0 saturated carbocycles. The lowest BCUT2D eigenvalue weighted by molar-refractivity contribution is -0.0626. The predicted octanol–water partition coefficient (Wildman–Crippen LogP) is 0.320. The molecule has 128 valence electrons. The van der Waals surface area contributed by atoms with Gasteiger partial charge in [-0.2, -0.15) is 0 Å². The summed E-state index contributed by atoms with van der Waals surface area (Å²) in [6.07, 6.45) is 5.04. The molecule has 1 aliphatic rings. The van der Waals surface area contributed by atoms with E-state index in [0.29, 0.717) is 13.2 Å². The number of rotatable bonds is 4. The maximum Gasteiger partial charge on any atom is 0.289 e. The Balaban J connectivity index is 1.70. The minimum atomic E-state index is -0.292. The van der Waals surface area contributed by atoms with E-state index in [1.54, 1.807) is 18.6 Å². The second-order valence-electron chi connectivity index (χ2n) is 6.00. The molecular weight excluding hydrogens is 308 g/mol. The molecule has 1 aliphatic heterocycles. The van der Waals surface area contributed by atoms with Crippen molar-refractivity contribution >= 4 is 5.91 Å². The van der Waals surface area contributed by atoms with Crippen molar-refractivity contribution in [2.75, 3.05) is 26.7 Å². The fourth-order valence-electron chi connectivity index (χ4n) is 2.93. The van der Waals surface area contributed by atoms with Crippen LogP contribution in [0.25, 0.3) is 0 Å². The third kappa shape index (κ3) is 3.44. The molecule has 1 amide bonds. The summed E-state index contributed by atoms with van der Waals surface area (Å²) in [6.45, 7) is 3.68. The highest BCUT2D eigenvalue weighted by Gasteiger charge is 2.33. The number of nitrogens with one attached hydrogen (secondary N) is 1. The molecule has 24 heavy (non-hydrogen) atoms. The first-order chi connectivity index (χ1) is 11.6. The Morgan fingerprint density at radius 1 is 1.46 bits per heavy atom. The lowest BCUT2D eigenvalue weighted by Gasteiger charge is -2.39. The topological polar surface area (TPSA) is 85.2 Å². The van der Waals surface area contributed by atoms with Crippen LogP contribution >= 0.6 is 0 Å². The number of nitrogens with zero attached hydrogens (tertiary/aromatic N) is 5. The smallest absolute Gasteiger partial charge is 0.289 e. The zero-order valence-corrected chi connectivity index (χ0v) is 14.1. The lowest BCUT2D eigenvalue weighted by Crippen LogP contribution is -2.49. The van der Waals surface area contributed by atoms with E-state index in [1.165, 1.54) is 0 Å². The van der Waals surface area contributed by atoms with Gasteiger partial charge in [0.1, 0.15) is 0 Å². The van der Waals surface area contributed by atoms with Gasteiger partial charge in [0.25, 0.3) is 5.91 Å². The molecule has 0 unspecified atom stereocenters. The number of amides is 1. The van der Waals surface area contributed by atoms with Crippen molar-refractivity contribution in [3.8, 4) is 0 Å². The Bertz CT molecular complexity index is 716. The molecule has 3 heterocycles. The summed E-state index contributed by atoms with van der Waals surface area (Å²) in [6, 6.07) is 1.79. The van der Waals surface area contributed by atoms with Crippen LogP contribution in [0.4, 0.5) is 0 Å². The summed E-state index contributed by atoms with van der Waals surface area (Å²) in [4.78, 5) is 26.8. The van der Waals surface area contributed by atoms with Gasteiger partial charge in [-0.3, -0.25) is 9.69 Å². The number of morpholine rings is 1. The van der Waals surface area contributed by atoms with Crippen LogP contribution in [-0.4, -0.2) is 63.2 Å². The van der Waals surface area contributed by atoms with Gasteiger partial charge < -0.3 is 14.6 Å². The highest BCUT2D eigenvalue weighted by Crippen LogP contribution is 2.27. The monoisotopic (exact) mass is 330 g/mol. The summed E-state index contributed by atoms with van der Waals surface area (Å²) in [7, 11) is 4.01. The third-order valence-electron chi connectivity index (χ3n) is 4.22. The van der Waals surface area contributed by atoms with Crippen molar-refractivity contribution in [1.82, 2.24) is 29.7 Å². The highest BCUT2D eigenvalue weighted by molar-refractivity contribution is 5.90. The second-order valence-corrected chi connectivity index (χ2v) is 6.00. The summed E-state index contributed by atoms with van der Waals surface area (Å²) in [5.41, 5.74) is 1.82. The molecule has 1 fully saturated rings. The molecule has 0 aliphatic carbocycles. The molecule has 1 N–H and O–H groups in total. The number of hydrogen-bond donors (Lipinski definition) is 1.